The topological polar surface area (TPSA) is 58.2 Å². The highest BCUT2D eigenvalue weighted by Gasteiger charge is 2.18. The van der Waals surface area contributed by atoms with Crippen molar-refractivity contribution < 1.29 is 9.59 Å². The van der Waals surface area contributed by atoms with E-state index in [4.69, 9.17) is 0 Å². The van der Waals surface area contributed by atoms with E-state index in [1.807, 2.05) is 26.8 Å². The monoisotopic (exact) mass is 370 g/mol. The number of anilines is 1. The molecule has 0 aliphatic rings. The highest BCUT2D eigenvalue weighted by molar-refractivity contribution is 7.99. The Balaban J connectivity index is 1.92. The minimum absolute atomic E-state index is 0.0966. The molecule has 0 bridgehead atoms. The maximum Gasteiger partial charge on any atom is 0.253 e. The molecule has 2 N–H and O–H groups in total. The molecule has 0 radical (unpaired) electrons. The molecule has 0 unspecified atom stereocenters. The van der Waals surface area contributed by atoms with Crippen molar-refractivity contribution in [2.45, 2.75) is 44.6 Å². The van der Waals surface area contributed by atoms with Gasteiger partial charge in [-0.3, -0.25) is 9.59 Å². The van der Waals surface area contributed by atoms with Gasteiger partial charge < -0.3 is 10.6 Å². The van der Waals surface area contributed by atoms with Gasteiger partial charge in [0.1, 0.15) is 0 Å². The lowest BCUT2D eigenvalue weighted by molar-refractivity contribution is -0.115. The number of para-hydroxylation sites is 1. The van der Waals surface area contributed by atoms with Crippen LogP contribution in [-0.4, -0.2) is 23.1 Å². The second-order valence-corrected chi connectivity index (χ2v) is 8.38. The first-order valence-electron chi connectivity index (χ1n) is 8.65. The zero-order valence-corrected chi connectivity index (χ0v) is 16.6. The first-order valence-corrected chi connectivity index (χ1v) is 9.64. The molecule has 4 nitrogen and oxygen atoms in total. The summed E-state index contributed by atoms with van der Waals surface area (Å²) < 4.78 is 0. The van der Waals surface area contributed by atoms with Crippen molar-refractivity contribution >= 4 is 29.3 Å². The molecule has 0 saturated heterocycles. The lowest BCUT2D eigenvalue weighted by atomic mass is 10.1. The maximum atomic E-state index is 12.4. The van der Waals surface area contributed by atoms with Crippen LogP contribution in [0.5, 0.6) is 0 Å². The van der Waals surface area contributed by atoms with E-state index in [0.717, 1.165) is 4.90 Å². The molecule has 2 aromatic carbocycles. The van der Waals surface area contributed by atoms with Crippen LogP contribution in [0.4, 0.5) is 5.69 Å². The summed E-state index contributed by atoms with van der Waals surface area (Å²) in [5.74, 6) is 0.397. The summed E-state index contributed by atoms with van der Waals surface area (Å²) in [6.07, 6.45) is 0.383. The normalized spacial score (nSPS) is 11.1. The van der Waals surface area contributed by atoms with Gasteiger partial charge in [-0.25, -0.2) is 0 Å². The van der Waals surface area contributed by atoms with Crippen LogP contribution < -0.4 is 10.6 Å². The van der Waals surface area contributed by atoms with Crippen LogP contribution >= 0.6 is 11.8 Å². The van der Waals surface area contributed by atoms with Crippen molar-refractivity contribution in [1.29, 1.82) is 0 Å². The predicted octanol–water partition coefficient (Wildman–Crippen LogP) is 4.64. The van der Waals surface area contributed by atoms with E-state index in [-0.39, 0.29) is 17.4 Å². The van der Waals surface area contributed by atoms with E-state index in [0.29, 0.717) is 23.4 Å². The van der Waals surface area contributed by atoms with E-state index in [1.54, 1.807) is 30.0 Å². The number of rotatable bonds is 6. The Morgan fingerprint density at radius 3 is 2.31 bits per heavy atom. The number of nitrogens with one attached hydrogen (secondary N) is 2. The molecule has 26 heavy (non-hydrogen) atoms. The van der Waals surface area contributed by atoms with Crippen LogP contribution in [0.2, 0.25) is 0 Å². The summed E-state index contributed by atoms with van der Waals surface area (Å²) >= 11 is 1.65. The summed E-state index contributed by atoms with van der Waals surface area (Å²) in [5.41, 5.74) is 1.90. The molecule has 2 aromatic rings. The van der Waals surface area contributed by atoms with Gasteiger partial charge in [0.15, 0.2) is 0 Å². The number of carbonyl (C=O) groups is 2. The lowest BCUT2D eigenvalue weighted by Gasteiger charge is -2.21. The van der Waals surface area contributed by atoms with E-state index < -0.39 is 0 Å². The van der Waals surface area contributed by atoms with Crippen LogP contribution in [0.25, 0.3) is 0 Å². The lowest BCUT2D eigenvalue weighted by Crippen LogP contribution is -2.40. The number of hydrogen-bond donors (Lipinski definition) is 2. The fraction of sp³-hybridized carbons (Fsp3) is 0.333. The largest absolute Gasteiger partial charge is 0.347 e. The van der Waals surface area contributed by atoms with Crippen LogP contribution in [0, 0.1) is 6.92 Å². The van der Waals surface area contributed by atoms with Gasteiger partial charge in [0, 0.05) is 22.6 Å². The molecular weight excluding hydrogens is 344 g/mol. The Labute approximate surface area is 159 Å². The molecule has 0 aromatic heterocycles. The van der Waals surface area contributed by atoms with Crippen molar-refractivity contribution in [3.63, 3.8) is 0 Å². The van der Waals surface area contributed by atoms with E-state index in [2.05, 4.69) is 41.8 Å². The van der Waals surface area contributed by atoms with E-state index in [1.165, 1.54) is 5.56 Å². The minimum atomic E-state index is -0.334. The second-order valence-electron chi connectivity index (χ2n) is 7.21. The van der Waals surface area contributed by atoms with Crippen molar-refractivity contribution in [3.8, 4) is 0 Å². The first-order chi connectivity index (χ1) is 12.2. The average Bonchev–Trinajstić information content (AvgIpc) is 2.55. The van der Waals surface area contributed by atoms with Crippen LogP contribution in [-0.2, 0) is 4.79 Å². The zero-order chi connectivity index (χ0) is 19.2. The molecule has 0 aliphatic carbocycles. The maximum absolute atomic E-state index is 12.4. The number of thioether (sulfide) groups is 1. The fourth-order valence-corrected chi connectivity index (χ4v) is 3.16. The highest BCUT2D eigenvalue weighted by Crippen LogP contribution is 2.20. The Morgan fingerprint density at radius 2 is 1.65 bits per heavy atom. The molecule has 0 atom stereocenters. The van der Waals surface area contributed by atoms with Gasteiger partial charge in [0.2, 0.25) is 5.91 Å². The van der Waals surface area contributed by atoms with Gasteiger partial charge in [0.05, 0.1) is 11.3 Å². The molecule has 0 spiro atoms. The number of benzene rings is 2. The third kappa shape index (κ3) is 6.56. The van der Waals surface area contributed by atoms with E-state index in [9.17, 15) is 9.59 Å². The summed E-state index contributed by atoms with van der Waals surface area (Å²) in [6, 6.07) is 15.3. The number of amides is 2. The fourth-order valence-electron chi connectivity index (χ4n) is 2.31. The van der Waals surface area contributed by atoms with Crippen molar-refractivity contribution in [2.24, 2.45) is 0 Å². The van der Waals surface area contributed by atoms with Gasteiger partial charge in [-0.1, -0.05) is 29.8 Å². The van der Waals surface area contributed by atoms with Gasteiger partial charge >= 0.3 is 0 Å². The van der Waals surface area contributed by atoms with Crippen LogP contribution in [0.15, 0.2) is 53.4 Å². The summed E-state index contributed by atoms with van der Waals surface area (Å²) in [4.78, 5) is 25.8. The van der Waals surface area contributed by atoms with Gasteiger partial charge in [-0.2, -0.15) is 0 Å². The second kappa shape index (κ2) is 8.90. The zero-order valence-electron chi connectivity index (χ0n) is 15.8. The Hall–Kier alpha value is -2.27. The number of aryl methyl sites for hydroxylation is 1. The molecule has 138 valence electrons. The molecule has 0 saturated carbocycles. The van der Waals surface area contributed by atoms with Crippen molar-refractivity contribution in [1.82, 2.24) is 5.32 Å². The quantitative estimate of drug-likeness (QED) is 0.728. The molecule has 0 aliphatic heterocycles. The van der Waals surface area contributed by atoms with Crippen molar-refractivity contribution in [3.05, 3.63) is 59.7 Å². The summed E-state index contributed by atoms with van der Waals surface area (Å²) in [7, 11) is 0. The summed E-state index contributed by atoms with van der Waals surface area (Å²) in [6.45, 7) is 7.83. The Kier molecular flexibility index (Phi) is 6.86. The average molecular weight is 371 g/mol. The predicted molar refractivity (Wildman–Crippen MR) is 109 cm³/mol. The Morgan fingerprint density at radius 1 is 1.00 bits per heavy atom. The Bertz CT molecular complexity index is 764. The minimum Gasteiger partial charge on any atom is -0.347 e. The molecule has 0 heterocycles. The van der Waals surface area contributed by atoms with Gasteiger partial charge in [0.25, 0.3) is 5.91 Å². The van der Waals surface area contributed by atoms with Gasteiger partial charge in [-0.15, -0.1) is 11.8 Å². The first kappa shape index (κ1) is 20.0. The molecule has 2 rings (SSSR count). The van der Waals surface area contributed by atoms with E-state index >= 15 is 0 Å². The highest BCUT2D eigenvalue weighted by atomic mass is 32.2. The van der Waals surface area contributed by atoms with Crippen LogP contribution in [0.3, 0.4) is 0 Å². The molecule has 2 amide bonds. The summed E-state index contributed by atoms with van der Waals surface area (Å²) in [5, 5.41) is 5.78. The SMILES string of the molecule is Cc1ccc(SCCC(=O)Nc2ccccc2C(=O)NC(C)(C)C)cc1. The number of carbonyl (C=O) groups excluding carboxylic acids is 2. The van der Waals surface area contributed by atoms with Gasteiger partial charge in [-0.05, 0) is 52.0 Å². The van der Waals surface area contributed by atoms with Crippen molar-refractivity contribution in [2.75, 3.05) is 11.1 Å². The smallest absolute Gasteiger partial charge is 0.253 e. The third-order valence-electron chi connectivity index (χ3n) is 3.55. The third-order valence-corrected chi connectivity index (χ3v) is 4.57. The molecule has 0 fully saturated rings. The standard InChI is InChI=1S/C21H26N2O2S/c1-15-9-11-16(12-10-15)26-14-13-19(24)22-18-8-6-5-7-17(18)20(25)23-21(2,3)4/h5-12H,13-14H2,1-4H3,(H,22,24)(H,23,25). The number of hydrogen-bond acceptors (Lipinski definition) is 3. The van der Waals surface area contributed by atoms with Crippen LogP contribution in [0.1, 0.15) is 43.1 Å². The molecular formula is C21H26N2O2S. The molecule has 5 heteroatoms.